The smallest absolute Gasteiger partial charge is 0.251 e. The van der Waals surface area contributed by atoms with Crippen molar-refractivity contribution in [3.8, 4) is 5.75 Å². The van der Waals surface area contributed by atoms with E-state index < -0.39 is 0 Å². The van der Waals surface area contributed by atoms with E-state index in [9.17, 15) is 9.59 Å². The molecule has 0 aliphatic rings. The largest absolute Gasteiger partial charge is 0.489 e. The molecule has 7 heteroatoms. The van der Waals surface area contributed by atoms with Crippen molar-refractivity contribution in [2.24, 2.45) is 0 Å². The molecule has 0 aromatic heterocycles. The Balaban J connectivity index is 1.85. The summed E-state index contributed by atoms with van der Waals surface area (Å²) < 4.78 is 10.9. The van der Waals surface area contributed by atoms with E-state index in [1.54, 1.807) is 24.3 Å². The number of para-hydroxylation sites is 2. The van der Waals surface area contributed by atoms with Gasteiger partial charge in [-0.25, -0.2) is 0 Å². The van der Waals surface area contributed by atoms with Crippen LogP contribution in [0.5, 0.6) is 5.75 Å². The van der Waals surface area contributed by atoms with Gasteiger partial charge in [-0.2, -0.15) is 0 Å². The van der Waals surface area contributed by atoms with E-state index in [-0.39, 0.29) is 18.4 Å². The molecular formula is C21H27N3O4. The van der Waals surface area contributed by atoms with E-state index in [0.717, 1.165) is 5.69 Å². The highest BCUT2D eigenvalue weighted by atomic mass is 16.5. The van der Waals surface area contributed by atoms with Gasteiger partial charge in [0.1, 0.15) is 12.4 Å². The first kappa shape index (κ1) is 21.2. The maximum absolute atomic E-state index is 12.2. The molecule has 0 saturated heterocycles. The van der Waals surface area contributed by atoms with Gasteiger partial charge in [0, 0.05) is 24.4 Å². The minimum Gasteiger partial charge on any atom is -0.489 e. The lowest BCUT2D eigenvalue weighted by Crippen LogP contribution is -2.23. The maximum atomic E-state index is 12.2. The van der Waals surface area contributed by atoms with Gasteiger partial charge in [0.2, 0.25) is 5.91 Å². The number of hydrogen-bond donors (Lipinski definition) is 3. The minimum atomic E-state index is -0.199. The molecule has 0 bridgehead atoms. The lowest BCUT2D eigenvalue weighted by Gasteiger charge is -2.13. The molecular weight excluding hydrogens is 358 g/mol. The maximum Gasteiger partial charge on any atom is 0.251 e. The molecule has 0 unspecified atom stereocenters. The van der Waals surface area contributed by atoms with Gasteiger partial charge in [-0.3, -0.25) is 9.59 Å². The summed E-state index contributed by atoms with van der Waals surface area (Å²) in [4.78, 5) is 24.0. The molecule has 2 aromatic rings. The molecule has 150 valence electrons. The second kappa shape index (κ2) is 11.6. The Hall–Kier alpha value is -3.06. The fourth-order valence-corrected chi connectivity index (χ4v) is 2.44. The molecule has 0 aliphatic heterocycles. The van der Waals surface area contributed by atoms with Crippen LogP contribution in [-0.2, 0) is 9.53 Å². The number of ether oxygens (including phenoxy) is 2. The number of carbonyl (C=O) groups excluding carboxylic acids is 2. The minimum absolute atomic E-state index is 0.0872. The van der Waals surface area contributed by atoms with E-state index in [1.165, 1.54) is 0 Å². The van der Waals surface area contributed by atoms with Crippen molar-refractivity contribution in [3.63, 3.8) is 0 Å². The average Bonchev–Trinajstić information content (AvgIpc) is 2.71. The van der Waals surface area contributed by atoms with Crippen LogP contribution in [0.3, 0.4) is 0 Å². The third-order valence-corrected chi connectivity index (χ3v) is 3.78. The van der Waals surface area contributed by atoms with Gasteiger partial charge in [0.15, 0.2) is 0 Å². The summed E-state index contributed by atoms with van der Waals surface area (Å²) in [6.45, 7) is 6.05. The van der Waals surface area contributed by atoms with Crippen molar-refractivity contribution in [1.82, 2.24) is 5.32 Å². The summed E-state index contributed by atoms with van der Waals surface area (Å²) in [7, 11) is 0. The molecule has 0 aliphatic carbocycles. The van der Waals surface area contributed by atoms with Gasteiger partial charge >= 0.3 is 0 Å². The fraction of sp³-hybridized carbons (Fsp3) is 0.333. The zero-order valence-corrected chi connectivity index (χ0v) is 16.3. The summed E-state index contributed by atoms with van der Waals surface area (Å²) in [5, 5.41) is 8.61. The highest BCUT2D eigenvalue weighted by molar-refractivity contribution is 5.96. The second-order valence-corrected chi connectivity index (χ2v) is 5.88. The van der Waals surface area contributed by atoms with Crippen LogP contribution in [0.4, 0.5) is 11.4 Å². The molecule has 2 aromatic carbocycles. The molecule has 0 radical (unpaired) electrons. The van der Waals surface area contributed by atoms with Crippen LogP contribution in [0, 0.1) is 0 Å². The molecule has 0 heterocycles. The van der Waals surface area contributed by atoms with E-state index in [1.807, 2.05) is 38.1 Å². The van der Waals surface area contributed by atoms with Gasteiger partial charge in [0.05, 0.1) is 18.8 Å². The van der Waals surface area contributed by atoms with E-state index in [4.69, 9.17) is 9.47 Å². The Morgan fingerprint density at radius 3 is 2.43 bits per heavy atom. The Morgan fingerprint density at radius 2 is 1.71 bits per heavy atom. The van der Waals surface area contributed by atoms with E-state index >= 15 is 0 Å². The van der Waals surface area contributed by atoms with Crippen LogP contribution in [0.25, 0.3) is 0 Å². The number of hydrogen-bond acceptors (Lipinski definition) is 5. The second-order valence-electron chi connectivity index (χ2n) is 5.88. The predicted octanol–water partition coefficient (Wildman–Crippen LogP) is 2.90. The lowest BCUT2D eigenvalue weighted by atomic mass is 10.2. The predicted molar refractivity (Wildman–Crippen MR) is 110 cm³/mol. The molecule has 3 N–H and O–H groups in total. The van der Waals surface area contributed by atoms with Crippen LogP contribution >= 0.6 is 0 Å². The van der Waals surface area contributed by atoms with Crippen molar-refractivity contribution in [2.75, 3.05) is 43.5 Å². The molecule has 0 saturated carbocycles. The van der Waals surface area contributed by atoms with Crippen molar-refractivity contribution >= 4 is 23.2 Å². The number of carbonyl (C=O) groups is 2. The van der Waals surface area contributed by atoms with Crippen LogP contribution in [0.2, 0.25) is 0 Å². The average molecular weight is 385 g/mol. The first-order valence-electron chi connectivity index (χ1n) is 9.35. The Bertz CT molecular complexity index is 763. The first-order valence-corrected chi connectivity index (χ1v) is 9.35. The first-order chi connectivity index (χ1) is 13.6. The zero-order chi connectivity index (χ0) is 20.2. The Morgan fingerprint density at radius 1 is 0.964 bits per heavy atom. The van der Waals surface area contributed by atoms with Crippen LogP contribution in [-0.4, -0.2) is 44.7 Å². The molecule has 28 heavy (non-hydrogen) atoms. The molecule has 7 nitrogen and oxygen atoms in total. The summed E-state index contributed by atoms with van der Waals surface area (Å²) >= 11 is 0. The molecule has 0 fully saturated rings. The van der Waals surface area contributed by atoms with Crippen LogP contribution < -0.4 is 20.7 Å². The van der Waals surface area contributed by atoms with Crippen molar-refractivity contribution in [3.05, 3.63) is 54.1 Å². The Labute approximate surface area is 165 Å². The SMILES string of the molecule is CCNC(=O)c1ccc(NC(=O)CNc2ccccc2OCCOCC)cc1. The molecule has 0 atom stereocenters. The normalized spacial score (nSPS) is 10.2. The summed E-state index contributed by atoms with van der Waals surface area (Å²) in [6.07, 6.45) is 0. The van der Waals surface area contributed by atoms with Crippen LogP contribution in [0.1, 0.15) is 24.2 Å². The third kappa shape index (κ3) is 6.92. The Kier molecular flexibility index (Phi) is 8.81. The third-order valence-electron chi connectivity index (χ3n) is 3.78. The van der Waals surface area contributed by atoms with E-state index in [2.05, 4.69) is 16.0 Å². The standard InChI is InChI=1S/C21H27N3O4/c1-3-22-21(26)16-9-11-17(12-10-16)24-20(25)15-23-18-7-5-6-8-19(18)28-14-13-27-4-2/h5-12,23H,3-4,13-15H2,1-2H3,(H,22,26)(H,24,25). The number of rotatable bonds is 11. The van der Waals surface area contributed by atoms with Gasteiger partial charge in [-0.15, -0.1) is 0 Å². The number of amides is 2. The molecule has 2 amide bonds. The summed E-state index contributed by atoms with van der Waals surface area (Å²) in [5.41, 5.74) is 1.91. The highest BCUT2D eigenvalue weighted by Crippen LogP contribution is 2.23. The fourth-order valence-electron chi connectivity index (χ4n) is 2.44. The van der Waals surface area contributed by atoms with E-state index in [0.29, 0.717) is 43.4 Å². The lowest BCUT2D eigenvalue weighted by molar-refractivity contribution is -0.114. The van der Waals surface area contributed by atoms with Gasteiger partial charge in [0.25, 0.3) is 5.91 Å². The summed E-state index contributed by atoms with van der Waals surface area (Å²) in [6, 6.07) is 14.2. The number of anilines is 2. The number of benzene rings is 2. The zero-order valence-electron chi connectivity index (χ0n) is 16.3. The number of nitrogens with one attached hydrogen (secondary N) is 3. The van der Waals surface area contributed by atoms with Gasteiger partial charge in [-0.05, 0) is 50.2 Å². The topological polar surface area (TPSA) is 88.7 Å². The quantitative estimate of drug-likeness (QED) is 0.518. The van der Waals surface area contributed by atoms with Gasteiger partial charge in [-0.1, -0.05) is 12.1 Å². The molecule has 0 spiro atoms. The van der Waals surface area contributed by atoms with Crippen LogP contribution in [0.15, 0.2) is 48.5 Å². The monoisotopic (exact) mass is 385 g/mol. The molecule has 2 rings (SSSR count). The summed E-state index contributed by atoms with van der Waals surface area (Å²) in [5.74, 6) is 0.333. The van der Waals surface area contributed by atoms with Crippen molar-refractivity contribution in [2.45, 2.75) is 13.8 Å². The van der Waals surface area contributed by atoms with Crippen molar-refractivity contribution in [1.29, 1.82) is 0 Å². The van der Waals surface area contributed by atoms with Crippen molar-refractivity contribution < 1.29 is 19.1 Å². The highest BCUT2D eigenvalue weighted by Gasteiger charge is 2.08. The van der Waals surface area contributed by atoms with Gasteiger partial charge < -0.3 is 25.4 Å².